The lowest BCUT2D eigenvalue weighted by molar-refractivity contribution is -0.119. The molecule has 7 heteroatoms. The minimum absolute atomic E-state index is 0.224. The second-order valence-electron chi connectivity index (χ2n) is 9.43. The summed E-state index contributed by atoms with van der Waals surface area (Å²) in [6, 6.07) is 1.54. The lowest BCUT2D eigenvalue weighted by atomic mass is 9.79. The number of aromatic nitrogens is 1. The lowest BCUT2D eigenvalue weighted by Crippen LogP contribution is -2.30. The number of rotatable bonds is 5. The third-order valence-electron chi connectivity index (χ3n) is 6.99. The summed E-state index contributed by atoms with van der Waals surface area (Å²) in [5.41, 5.74) is 6.07. The Labute approximate surface area is 213 Å². The standard InChI is InChI=1S/C26H31FN2O3.C2H6.CH2O/c1-14-7-8-17-16(3)20(27)10-21-24(17)23(14)18-11-29(5)22(25(18)28-21)9-19(15(2)12-32-6)26(4,31)13-30;2*1-2/h9-10,13-14,31H,7-8,11-12H2,1-6H3;1-2H3;1H2/b19-15-,22-9-;;/t14-,26+;;/m0../s1. The van der Waals surface area contributed by atoms with E-state index in [0.29, 0.717) is 36.4 Å². The molecule has 0 amide bonds. The minimum Gasteiger partial charge on any atom is -0.380 e. The van der Waals surface area contributed by atoms with E-state index in [4.69, 9.17) is 14.5 Å². The maximum Gasteiger partial charge on any atom is 0.155 e. The number of pyridine rings is 1. The molecule has 2 heterocycles. The van der Waals surface area contributed by atoms with Crippen molar-refractivity contribution in [2.45, 2.75) is 72.4 Å². The smallest absolute Gasteiger partial charge is 0.155 e. The van der Waals surface area contributed by atoms with Crippen molar-refractivity contribution in [2.24, 2.45) is 0 Å². The van der Waals surface area contributed by atoms with Crippen LogP contribution < -0.4 is 0 Å². The third-order valence-corrected chi connectivity index (χ3v) is 6.99. The Hall–Kier alpha value is -2.90. The Morgan fingerprint density at radius 1 is 1.36 bits per heavy atom. The number of carbonyl (C=O) groups is 2. The van der Waals surface area contributed by atoms with Crippen LogP contribution in [-0.2, 0) is 27.3 Å². The molecule has 1 N–H and O–H groups in total. The third kappa shape index (κ3) is 5.13. The quantitative estimate of drug-likeness (QED) is 0.566. The number of aldehydes is 1. The summed E-state index contributed by atoms with van der Waals surface area (Å²) in [4.78, 5) is 26.7. The van der Waals surface area contributed by atoms with Gasteiger partial charge in [0.25, 0.3) is 0 Å². The molecule has 2 atom stereocenters. The molecule has 196 valence electrons. The van der Waals surface area contributed by atoms with Crippen LogP contribution in [-0.4, -0.2) is 54.4 Å². The summed E-state index contributed by atoms with van der Waals surface area (Å²) in [6.45, 7) is 14.4. The predicted molar refractivity (Wildman–Crippen MR) is 142 cm³/mol. The van der Waals surface area contributed by atoms with Crippen LogP contribution in [0.1, 0.15) is 74.9 Å². The topological polar surface area (TPSA) is 79.7 Å². The van der Waals surface area contributed by atoms with E-state index in [2.05, 4.69) is 11.8 Å². The number of fused-ring (bicyclic) bond motifs is 2. The Morgan fingerprint density at radius 3 is 2.58 bits per heavy atom. The van der Waals surface area contributed by atoms with Gasteiger partial charge in [0.05, 0.1) is 23.5 Å². The van der Waals surface area contributed by atoms with E-state index >= 15 is 0 Å². The molecule has 0 bridgehead atoms. The molecular formula is C29H39FN2O4. The van der Waals surface area contributed by atoms with Crippen LogP contribution in [0.2, 0.25) is 0 Å². The van der Waals surface area contributed by atoms with Crippen LogP contribution in [0, 0.1) is 12.7 Å². The minimum atomic E-state index is -1.66. The highest BCUT2D eigenvalue weighted by Crippen LogP contribution is 2.45. The van der Waals surface area contributed by atoms with Gasteiger partial charge in [-0.25, -0.2) is 9.37 Å². The monoisotopic (exact) mass is 498 g/mol. The maximum absolute atomic E-state index is 14.7. The van der Waals surface area contributed by atoms with E-state index in [1.165, 1.54) is 12.5 Å². The van der Waals surface area contributed by atoms with Crippen LogP contribution in [0.4, 0.5) is 4.39 Å². The number of ether oxygens (including phenoxy) is 1. The van der Waals surface area contributed by atoms with Crippen LogP contribution in [0.3, 0.4) is 0 Å². The molecule has 0 unspecified atom stereocenters. The highest BCUT2D eigenvalue weighted by molar-refractivity contribution is 5.92. The van der Waals surface area contributed by atoms with Crippen LogP contribution in [0.5, 0.6) is 0 Å². The number of aliphatic hydroxyl groups is 1. The van der Waals surface area contributed by atoms with Gasteiger partial charge in [-0.3, -0.25) is 4.79 Å². The van der Waals surface area contributed by atoms with Gasteiger partial charge >= 0.3 is 0 Å². The fourth-order valence-corrected chi connectivity index (χ4v) is 5.25. The zero-order chi connectivity index (χ0) is 27.4. The van der Waals surface area contributed by atoms with Gasteiger partial charge in [0.2, 0.25) is 0 Å². The second kappa shape index (κ2) is 11.9. The first kappa shape index (κ1) is 29.3. The fourth-order valence-electron chi connectivity index (χ4n) is 5.25. The van der Waals surface area contributed by atoms with Crippen molar-refractivity contribution in [2.75, 3.05) is 20.8 Å². The Morgan fingerprint density at radius 2 is 2.00 bits per heavy atom. The molecule has 0 saturated carbocycles. The summed E-state index contributed by atoms with van der Waals surface area (Å²) >= 11 is 0. The Kier molecular flexibility index (Phi) is 9.69. The first-order chi connectivity index (χ1) is 17.1. The average Bonchev–Trinajstić information content (AvgIpc) is 3.18. The second-order valence-corrected chi connectivity index (χ2v) is 9.43. The van der Waals surface area contributed by atoms with Crippen molar-refractivity contribution in [1.82, 2.24) is 9.88 Å². The number of hydrogen-bond acceptors (Lipinski definition) is 6. The molecule has 1 aliphatic heterocycles. The number of nitrogens with zero attached hydrogens (tertiary/aromatic N) is 2. The van der Waals surface area contributed by atoms with E-state index in [1.54, 1.807) is 13.2 Å². The van der Waals surface area contributed by atoms with E-state index in [9.17, 15) is 14.3 Å². The van der Waals surface area contributed by atoms with Gasteiger partial charge in [-0.2, -0.15) is 0 Å². The van der Waals surface area contributed by atoms with Crippen molar-refractivity contribution < 1.29 is 23.8 Å². The van der Waals surface area contributed by atoms with Gasteiger partial charge < -0.3 is 19.5 Å². The molecule has 6 nitrogen and oxygen atoms in total. The van der Waals surface area contributed by atoms with Gasteiger partial charge in [-0.05, 0) is 73.4 Å². The molecule has 0 fully saturated rings. The van der Waals surface area contributed by atoms with E-state index in [0.717, 1.165) is 51.9 Å². The first-order valence-corrected chi connectivity index (χ1v) is 12.3. The number of aryl methyl sites for hydroxylation is 1. The van der Waals surface area contributed by atoms with Crippen LogP contribution in [0.25, 0.3) is 16.6 Å². The zero-order valence-corrected chi connectivity index (χ0v) is 22.8. The highest BCUT2D eigenvalue weighted by Gasteiger charge is 2.34. The summed E-state index contributed by atoms with van der Waals surface area (Å²) in [7, 11) is 3.55. The zero-order valence-electron chi connectivity index (χ0n) is 22.8. The van der Waals surface area contributed by atoms with Crippen molar-refractivity contribution in [1.29, 1.82) is 0 Å². The SMILES string of the molecule is C=O.CC.COC/C(C)=C(/C=C1/c2nc3cc(F)c(C)c4c3c(c2CN1C)[C@@H](C)CC4)[C@](C)(O)C=O. The van der Waals surface area contributed by atoms with Gasteiger partial charge in [0, 0.05) is 37.7 Å². The van der Waals surface area contributed by atoms with E-state index in [-0.39, 0.29) is 5.82 Å². The van der Waals surface area contributed by atoms with Gasteiger partial charge in [0.15, 0.2) is 6.29 Å². The molecule has 2 aliphatic rings. The number of hydrogen-bond donors (Lipinski definition) is 1. The molecule has 0 radical (unpaired) electrons. The Balaban J connectivity index is 0.00000109. The fraction of sp³-hybridized carbons (Fsp3) is 0.483. The maximum atomic E-state index is 14.7. The largest absolute Gasteiger partial charge is 0.380 e. The average molecular weight is 499 g/mol. The van der Waals surface area contributed by atoms with Crippen molar-refractivity contribution >= 4 is 29.7 Å². The van der Waals surface area contributed by atoms with Crippen LogP contribution >= 0.6 is 0 Å². The molecular weight excluding hydrogens is 459 g/mol. The number of benzene rings is 1. The summed E-state index contributed by atoms with van der Waals surface area (Å²) < 4.78 is 20.0. The summed E-state index contributed by atoms with van der Waals surface area (Å²) in [6.07, 6.45) is 4.21. The normalized spacial score (nSPS) is 19.4. The van der Waals surface area contributed by atoms with Gasteiger partial charge in [0.1, 0.15) is 18.2 Å². The molecule has 1 aromatic carbocycles. The molecule has 4 rings (SSSR count). The summed E-state index contributed by atoms with van der Waals surface area (Å²) in [5, 5.41) is 11.9. The van der Waals surface area contributed by atoms with Crippen molar-refractivity contribution in [3.05, 3.63) is 57.1 Å². The molecule has 2 aromatic rings. The molecule has 0 saturated heterocycles. The lowest BCUT2D eigenvalue weighted by Gasteiger charge is -2.26. The van der Waals surface area contributed by atoms with Crippen molar-refractivity contribution in [3.63, 3.8) is 0 Å². The van der Waals surface area contributed by atoms with Crippen LogP contribution in [0.15, 0.2) is 23.3 Å². The molecule has 1 aromatic heterocycles. The Bertz CT molecular complexity index is 1200. The van der Waals surface area contributed by atoms with E-state index < -0.39 is 5.60 Å². The predicted octanol–water partition coefficient (Wildman–Crippen LogP) is 5.27. The van der Waals surface area contributed by atoms with Gasteiger partial charge in [-0.1, -0.05) is 20.8 Å². The number of halogens is 1. The first-order valence-electron chi connectivity index (χ1n) is 12.3. The number of methoxy groups -OCH3 is 1. The molecule has 0 spiro atoms. The number of carbonyl (C=O) groups excluding carboxylic acids is 2. The molecule has 36 heavy (non-hydrogen) atoms. The highest BCUT2D eigenvalue weighted by atomic mass is 19.1. The molecule has 1 aliphatic carbocycles. The summed E-state index contributed by atoms with van der Waals surface area (Å²) in [5.74, 6) is 0.125. The van der Waals surface area contributed by atoms with Gasteiger partial charge in [-0.15, -0.1) is 0 Å². The van der Waals surface area contributed by atoms with E-state index in [1.807, 2.05) is 47.6 Å². The van der Waals surface area contributed by atoms with Crippen molar-refractivity contribution in [3.8, 4) is 0 Å².